The Labute approximate surface area is 192 Å². The lowest BCUT2D eigenvalue weighted by Crippen LogP contribution is -2.30. The van der Waals surface area contributed by atoms with Crippen LogP contribution in [0.4, 0.5) is 0 Å². The average Bonchev–Trinajstić information content (AvgIpc) is 3.39. The number of hydrogen-bond acceptors (Lipinski definition) is 9. The summed E-state index contributed by atoms with van der Waals surface area (Å²) in [6.07, 6.45) is 0. The third-order valence-electron chi connectivity index (χ3n) is 4.85. The summed E-state index contributed by atoms with van der Waals surface area (Å²) in [5.74, 6) is 2.10. The van der Waals surface area contributed by atoms with Crippen LogP contribution in [-0.2, 0) is 20.5 Å². The number of thioether (sulfide) groups is 1. The average molecular weight is 481 g/mol. The largest absolute Gasteiger partial charge is 0.383 e. The van der Waals surface area contributed by atoms with Gasteiger partial charge in [0.15, 0.2) is 16.8 Å². The number of nitrogens with zero attached hydrogens (tertiary/aromatic N) is 6. The van der Waals surface area contributed by atoms with Crippen LogP contribution in [0.1, 0.15) is 38.5 Å². The number of benzene rings is 1. The second-order valence-electron chi connectivity index (χ2n) is 7.12. The first kappa shape index (κ1) is 24.4. The second kappa shape index (κ2) is 10.6. The van der Waals surface area contributed by atoms with Crippen LogP contribution >= 0.6 is 11.8 Å². The SMILES string of the molecule is CCN(CC)S(=O)(=O)c1cccc(-c2nnc(SCc3noc(C)n3)n2C(C)COC)c1. The molecule has 0 radical (unpaired) electrons. The second-order valence-corrected chi connectivity index (χ2v) is 10.00. The van der Waals surface area contributed by atoms with Crippen LogP contribution in [0.2, 0.25) is 0 Å². The summed E-state index contributed by atoms with van der Waals surface area (Å²) in [6.45, 7) is 8.63. The van der Waals surface area contributed by atoms with Crippen molar-refractivity contribution in [2.24, 2.45) is 0 Å². The van der Waals surface area contributed by atoms with E-state index in [0.29, 0.717) is 53.7 Å². The fourth-order valence-corrected chi connectivity index (χ4v) is 5.71. The maximum atomic E-state index is 13.0. The van der Waals surface area contributed by atoms with Gasteiger partial charge in [0.05, 0.1) is 23.3 Å². The molecule has 0 saturated carbocycles. The first-order valence-electron chi connectivity index (χ1n) is 10.3. The van der Waals surface area contributed by atoms with Gasteiger partial charge in [0.1, 0.15) is 0 Å². The number of methoxy groups -OCH3 is 1. The van der Waals surface area contributed by atoms with Crippen molar-refractivity contribution >= 4 is 21.8 Å². The zero-order chi connectivity index (χ0) is 23.3. The topological polar surface area (TPSA) is 116 Å². The van der Waals surface area contributed by atoms with Crippen molar-refractivity contribution in [3.8, 4) is 11.4 Å². The monoisotopic (exact) mass is 480 g/mol. The minimum absolute atomic E-state index is 0.0810. The minimum Gasteiger partial charge on any atom is -0.383 e. The lowest BCUT2D eigenvalue weighted by Gasteiger charge is -2.19. The van der Waals surface area contributed by atoms with E-state index in [9.17, 15) is 8.42 Å². The summed E-state index contributed by atoms with van der Waals surface area (Å²) >= 11 is 1.43. The fraction of sp³-hybridized carbons (Fsp3) is 0.500. The Hall–Kier alpha value is -2.28. The predicted octanol–water partition coefficient (Wildman–Crippen LogP) is 3.17. The highest BCUT2D eigenvalue weighted by atomic mass is 32.2. The van der Waals surface area contributed by atoms with Gasteiger partial charge in [-0.2, -0.15) is 9.29 Å². The maximum absolute atomic E-state index is 13.0. The van der Waals surface area contributed by atoms with Crippen molar-refractivity contribution in [2.75, 3.05) is 26.8 Å². The summed E-state index contributed by atoms with van der Waals surface area (Å²) in [6, 6.07) is 6.72. The van der Waals surface area contributed by atoms with E-state index in [-0.39, 0.29) is 10.9 Å². The van der Waals surface area contributed by atoms with Gasteiger partial charge >= 0.3 is 0 Å². The van der Waals surface area contributed by atoms with Gasteiger partial charge in [-0.05, 0) is 19.1 Å². The molecule has 0 aliphatic carbocycles. The number of aryl methyl sites for hydroxylation is 1. The van der Waals surface area contributed by atoms with E-state index >= 15 is 0 Å². The van der Waals surface area contributed by atoms with Gasteiger partial charge in [-0.25, -0.2) is 8.42 Å². The van der Waals surface area contributed by atoms with Crippen LogP contribution in [0.5, 0.6) is 0 Å². The van der Waals surface area contributed by atoms with Crippen molar-refractivity contribution in [1.82, 2.24) is 29.2 Å². The molecule has 1 unspecified atom stereocenters. The third-order valence-corrected chi connectivity index (χ3v) is 7.83. The van der Waals surface area contributed by atoms with E-state index in [1.165, 1.54) is 16.1 Å². The molecule has 0 saturated heterocycles. The zero-order valence-electron chi connectivity index (χ0n) is 18.8. The molecular formula is C20H28N6O4S2. The fourth-order valence-electron chi connectivity index (χ4n) is 3.32. The first-order chi connectivity index (χ1) is 15.3. The van der Waals surface area contributed by atoms with E-state index in [2.05, 4.69) is 20.3 Å². The number of hydrogen-bond donors (Lipinski definition) is 0. The molecule has 0 N–H and O–H groups in total. The van der Waals surface area contributed by atoms with Gasteiger partial charge in [-0.1, -0.05) is 42.9 Å². The summed E-state index contributed by atoms with van der Waals surface area (Å²) in [4.78, 5) is 4.45. The van der Waals surface area contributed by atoms with Crippen LogP contribution in [0.25, 0.3) is 11.4 Å². The lowest BCUT2D eigenvalue weighted by molar-refractivity contribution is 0.159. The van der Waals surface area contributed by atoms with Crippen molar-refractivity contribution in [3.05, 3.63) is 36.0 Å². The minimum atomic E-state index is -3.59. The van der Waals surface area contributed by atoms with Gasteiger partial charge in [-0.15, -0.1) is 10.2 Å². The van der Waals surface area contributed by atoms with Crippen molar-refractivity contribution in [3.63, 3.8) is 0 Å². The molecule has 12 heteroatoms. The van der Waals surface area contributed by atoms with E-state index < -0.39 is 10.0 Å². The number of rotatable bonds is 11. The zero-order valence-corrected chi connectivity index (χ0v) is 20.5. The molecule has 0 aliphatic rings. The molecule has 10 nitrogen and oxygen atoms in total. The maximum Gasteiger partial charge on any atom is 0.243 e. The van der Waals surface area contributed by atoms with Crippen LogP contribution in [0.15, 0.2) is 38.8 Å². The van der Waals surface area contributed by atoms with Gasteiger partial charge in [0, 0.05) is 32.7 Å². The molecular weight excluding hydrogens is 452 g/mol. The van der Waals surface area contributed by atoms with E-state index in [1.807, 2.05) is 31.4 Å². The Morgan fingerprint density at radius 3 is 2.62 bits per heavy atom. The number of ether oxygens (including phenoxy) is 1. The molecule has 1 atom stereocenters. The van der Waals surface area contributed by atoms with Crippen LogP contribution in [0.3, 0.4) is 0 Å². The van der Waals surface area contributed by atoms with Gasteiger partial charge in [0.25, 0.3) is 0 Å². The predicted molar refractivity (Wildman–Crippen MR) is 121 cm³/mol. The standard InChI is InChI=1S/C20H28N6O4S2/c1-6-25(7-2)32(27,28)17-10-8-9-16(11-17)19-22-23-20(26(19)14(3)12-29-5)31-13-18-21-15(4)30-24-18/h8-11,14H,6-7,12-13H2,1-5H3. The van der Waals surface area contributed by atoms with Crippen LogP contribution in [0, 0.1) is 6.92 Å². The van der Waals surface area contributed by atoms with Crippen molar-refractivity contribution in [2.45, 2.75) is 49.5 Å². The Bertz CT molecular complexity index is 1140. The molecule has 3 aromatic rings. The Morgan fingerprint density at radius 2 is 2.00 bits per heavy atom. The smallest absolute Gasteiger partial charge is 0.243 e. The van der Waals surface area contributed by atoms with E-state index in [0.717, 1.165) is 0 Å². The summed E-state index contributed by atoms with van der Waals surface area (Å²) in [5.41, 5.74) is 0.663. The summed E-state index contributed by atoms with van der Waals surface area (Å²) in [7, 11) is -1.96. The lowest BCUT2D eigenvalue weighted by atomic mass is 10.2. The van der Waals surface area contributed by atoms with Crippen LogP contribution in [-0.4, -0.2) is 64.4 Å². The molecule has 0 amide bonds. The molecule has 1 aromatic carbocycles. The van der Waals surface area contributed by atoms with Crippen molar-refractivity contribution < 1.29 is 17.7 Å². The van der Waals surface area contributed by atoms with Crippen LogP contribution < -0.4 is 0 Å². The molecule has 0 aliphatic heterocycles. The molecule has 2 aromatic heterocycles. The normalized spacial score (nSPS) is 13.1. The molecule has 32 heavy (non-hydrogen) atoms. The molecule has 3 rings (SSSR count). The van der Waals surface area contributed by atoms with E-state index in [1.54, 1.807) is 32.2 Å². The Morgan fingerprint density at radius 1 is 1.25 bits per heavy atom. The molecule has 2 heterocycles. The van der Waals surface area contributed by atoms with E-state index in [4.69, 9.17) is 9.26 Å². The molecule has 0 bridgehead atoms. The summed E-state index contributed by atoms with van der Waals surface area (Å²) < 4.78 is 39.8. The number of sulfonamides is 1. The first-order valence-corrected chi connectivity index (χ1v) is 12.7. The highest BCUT2D eigenvalue weighted by Crippen LogP contribution is 2.31. The van der Waals surface area contributed by atoms with Gasteiger partial charge in [-0.3, -0.25) is 4.57 Å². The Balaban J connectivity index is 1.99. The van der Waals surface area contributed by atoms with Crippen molar-refractivity contribution in [1.29, 1.82) is 0 Å². The van der Waals surface area contributed by atoms with Gasteiger partial charge < -0.3 is 9.26 Å². The molecule has 174 valence electrons. The highest BCUT2D eigenvalue weighted by Gasteiger charge is 2.24. The number of aromatic nitrogens is 5. The molecule has 0 spiro atoms. The van der Waals surface area contributed by atoms with Gasteiger partial charge in [0.2, 0.25) is 15.9 Å². The molecule has 0 fully saturated rings. The quantitative estimate of drug-likeness (QED) is 0.381. The summed E-state index contributed by atoms with van der Waals surface area (Å²) in [5, 5.41) is 13.3. The Kier molecular flexibility index (Phi) is 8.04. The third kappa shape index (κ3) is 5.20. The highest BCUT2D eigenvalue weighted by molar-refractivity contribution is 7.98.